The van der Waals surface area contributed by atoms with E-state index >= 15 is 0 Å². The van der Waals surface area contributed by atoms with Gasteiger partial charge in [0.05, 0.1) is 26.7 Å². The molecule has 0 bridgehead atoms. The minimum atomic E-state index is 0. The molecule has 2 heteroatoms. The van der Waals surface area contributed by atoms with Gasteiger partial charge in [-0.3, -0.25) is 0 Å². The fourth-order valence-electron chi connectivity index (χ4n) is 5.68. The van der Waals surface area contributed by atoms with Gasteiger partial charge in [0.15, 0.2) is 0 Å². The van der Waals surface area contributed by atoms with Gasteiger partial charge in [0.2, 0.25) is 0 Å². The monoisotopic (exact) mass is 487 g/mol. The maximum absolute atomic E-state index is 2.57. The van der Waals surface area contributed by atoms with E-state index in [0.29, 0.717) is 10.8 Å². The first-order valence-corrected chi connectivity index (χ1v) is 14.6. The summed E-state index contributed by atoms with van der Waals surface area (Å²) in [6.07, 6.45) is 19.9. The van der Waals surface area contributed by atoms with Crippen molar-refractivity contribution in [2.24, 2.45) is 22.7 Å². The van der Waals surface area contributed by atoms with Crippen LogP contribution in [0.5, 0.6) is 0 Å². The second-order valence-electron chi connectivity index (χ2n) is 14.3. The van der Waals surface area contributed by atoms with E-state index in [-0.39, 0.29) is 12.4 Å². The molecule has 0 heterocycles. The third-order valence-electron chi connectivity index (χ3n) is 7.30. The van der Waals surface area contributed by atoms with Crippen molar-refractivity contribution in [2.45, 2.75) is 152 Å². The van der Waals surface area contributed by atoms with Gasteiger partial charge in [-0.25, -0.2) is 0 Å². The van der Waals surface area contributed by atoms with Gasteiger partial charge in [0.1, 0.15) is 0 Å². The molecule has 33 heavy (non-hydrogen) atoms. The Hall–Kier alpha value is 0.250. The highest BCUT2D eigenvalue weighted by atomic mass is 35.5. The molecule has 0 saturated heterocycles. The zero-order valence-corrected chi connectivity index (χ0v) is 25.8. The van der Waals surface area contributed by atoms with E-state index in [1.54, 1.807) is 0 Å². The highest BCUT2D eigenvalue weighted by molar-refractivity contribution is 4.68. The van der Waals surface area contributed by atoms with E-state index in [4.69, 9.17) is 0 Å². The maximum atomic E-state index is 2.57. The van der Waals surface area contributed by atoms with Crippen molar-refractivity contribution in [3.8, 4) is 0 Å². The topological polar surface area (TPSA) is 0 Å². The molecule has 0 aliphatic carbocycles. The minimum absolute atomic E-state index is 0. The molecule has 0 aromatic rings. The zero-order valence-electron chi connectivity index (χ0n) is 25.0. The molecule has 0 saturated carbocycles. The van der Waals surface area contributed by atoms with Crippen molar-refractivity contribution in [1.29, 1.82) is 0 Å². The van der Waals surface area contributed by atoms with E-state index < -0.39 is 0 Å². The molecule has 0 aliphatic rings. The molecule has 2 unspecified atom stereocenters. The lowest BCUT2D eigenvalue weighted by Gasteiger charge is -2.37. The number of halogens is 1. The summed E-state index contributed by atoms with van der Waals surface area (Å²) in [5.41, 5.74) is 0.918. The van der Waals surface area contributed by atoms with Crippen molar-refractivity contribution >= 4 is 0 Å². The molecule has 1 nitrogen and oxygen atoms in total. The first-order valence-electron chi connectivity index (χ1n) is 14.6. The summed E-state index contributed by atoms with van der Waals surface area (Å²) in [5, 5.41) is 0. The first-order chi connectivity index (χ1) is 14.8. The zero-order chi connectivity index (χ0) is 24.7. The Kier molecular flexibility index (Phi) is 19.9. The van der Waals surface area contributed by atoms with Gasteiger partial charge >= 0.3 is 0 Å². The van der Waals surface area contributed by atoms with Crippen molar-refractivity contribution in [1.82, 2.24) is 0 Å². The number of nitrogens with zero attached hydrogens (tertiary/aromatic N) is 1. The van der Waals surface area contributed by atoms with Gasteiger partial charge in [-0.2, -0.15) is 0 Å². The Bertz CT molecular complexity index is 405. The molecule has 0 aliphatic heterocycles. The first kappa shape index (κ1) is 35.4. The number of rotatable bonds is 19. The summed E-state index contributed by atoms with van der Waals surface area (Å²) in [7, 11) is 2.57. The molecular formula is C31H66ClN. The minimum Gasteiger partial charge on any atom is -1.00 e. The van der Waals surface area contributed by atoms with Crippen LogP contribution < -0.4 is 12.4 Å². The highest BCUT2D eigenvalue weighted by Crippen LogP contribution is 2.29. The lowest BCUT2D eigenvalue weighted by Crippen LogP contribution is -3.00. The molecule has 0 amide bonds. The molecule has 0 aromatic carbocycles. The van der Waals surface area contributed by atoms with Crippen LogP contribution in [0.1, 0.15) is 152 Å². The van der Waals surface area contributed by atoms with Crippen LogP contribution in [-0.2, 0) is 0 Å². The number of hydrogen-bond acceptors (Lipinski definition) is 0. The molecule has 2 atom stereocenters. The van der Waals surface area contributed by atoms with Gasteiger partial charge in [0, 0.05) is 0 Å². The molecule has 0 spiro atoms. The standard InChI is InChI=1S/C31H66N.ClH/c1-11-12-13-14-15-16-17-18-19-20-23-32(10,24-21-28(2)26-30(4,5)6)25-22-29(3)27-31(7,8)9;/h28-29H,11-27H2,1-10H3;1H/q+1;/p-1. The average Bonchev–Trinajstić information content (AvgIpc) is 2.64. The van der Waals surface area contributed by atoms with Crippen LogP contribution in [0.2, 0.25) is 0 Å². The van der Waals surface area contributed by atoms with Gasteiger partial charge in [-0.05, 0) is 61.2 Å². The molecule has 202 valence electrons. The number of unbranched alkanes of at least 4 members (excludes halogenated alkanes) is 9. The fourth-order valence-corrected chi connectivity index (χ4v) is 5.68. The van der Waals surface area contributed by atoms with E-state index in [9.17, 15) is 0 Å². The summed E-state index contributed by atoms with van der Waals surface area (Å²) < 4.78 is 1.31. The summed E-state index contributed by atoms with van der Waals surface area (Å²) in [6, 6.07) is 0. The van der Waals surface area contributed by atoms with E-state index in [2.05, 4.69) is 69.4 Å². The summed E-state index contributed by atoms with van der Waals surface area (Å²) in [6.45, 7) is 25.8. The van der Waals surface area contributed by atoms with Crippen LogP contribution >= 0.6 is 0 Å². The van der Waals surface area contributed by atoms with Crippen molar-refractivity contribution in [3.05, 3.63) is 0 Å². The largest absolute Gasteiger partial charge is 1.00 e. The SMILES string of the molecule is CCCCCCCCCCCC[N+](C)(CCC(C)CC(C)(C)C)CCC(C)CC(C)(C)C.[Cl-]. The molecule has 0 N–H and O–H groups in total. The predicted molar refractivity (Wildman–Crippen MR) is 148 cm³/mol. The molecule has 0 fully saturated rings. The Balaban J connectivity index is 0. The summed E-state index contributed by atoms with van der Waals surface area (Å²) in [5.74, 6) is 1.68. The smallest absolute Gasteiger partial charge is 0.0787 e. The Morgan fingerprint density at radius 2 is 0.879 bits per heavy atom. The van der Waals surface area contributed by atoms with Crippen LogP contribution in [0, 0.1) is 22.7 Å². The Morgan fingerprint density at radius 1 is 0.545 bits per heavy atom. The van der Waals surface area contributed by atoms with E-state index in [1.807, 2.05) is 0 Å². The maximum Gasteiger partial charge on any atom is 0.0787 e. The number of quaternary nitrogens is 1. The average molecular weight is 488 g/mol. The van der Waals surface area contributed by atoms with E-state index in [1.165, 1.54) is 114 Å². The van der Waals surface area contributed by atoms with Crippen LogP contribution in [0.3, 0.4) is 0 Å². The molecular weight excluding hydrogens is 422 g/mol. The predicted octanol–water partition coefficient (Wildman–Crippen LogP) is 7.28. The van der Waals surface area contributed by atoms with Gasteiger partial charge in [-0.1, -0.05) is 114 Å². The lowest BCUT2D eigenvalue weighted by atomic mass is 9.83. The third-order valence-corrected chi connectivity index (χ3v) is 7.30. The van der Waals surface area contributed by atoms with Crippen molar-refractivity contribution < 1.29 is 16.9 Å². The van der Waals surface area contributed by atoms with Gasteiger partial charge in [0.25, 0.3) is 0 Å². The second-order valence-corrected chi connectivity index (χ2v) is 14.3. The van der Waals surface area contributed by atoms with Crippen molar-refractivity contribution in [2.75, 3.05) is 26.7 Å². The third kappa shape index (κ3) is 23.7. The van der Waals surface area contributed by atoms with Crippen molar-refractivity contribution in [3.63, 3.8) is 0 Å². The van der Waals surface area contributed by atoms with E-state index in [0.717, 1.165) is 11.8 Å². The summed E-state index contributed by atoms with van der Waals surface area (Å²) >= 11 is 0. The highest BCUT2D eigenvalue weighted by Gasteiger charge is 2.25. The van der Waals surface area contributed by atoms with Crippen LogP contribution in [0.4, 0.5) is 0 Å². The Labute approximate surface area is 218 Å². The molecule has 0 aromatic heterocycles. The van der Waals surface area contributed by atoms with Crippen LogP contribution in [-0.4, -0.2) is 31.2 Å². The number of hydrogen-bond donors (Lipinski definition) is 0. The molecule has 0 radical (unpaired) electrons. The molecule has 0 rings (SSSR count). The Morgan fingerprint density at radius 3 is 1.21 bits per heavy atom. The van der Waals surface area contributed by atoms with Crippen LogP contribution in [0.25, 0.3) is 0 Å². The van der Waals surface area contributed by atoms with Gasteiger partial charge < -0.3 is 16.9 Å². The lowest BCUT2D eigenvalue weighted by molar-refractivity contribution is -0.910. The second kappa shape index (κ2) is 18.5. The van der Waals surface area contributed by atoms with Gasteiger partial charge in [-0.15, -0.1) is 0 Å². The van der Waals surface area contributed by atoms with Crippen LogP contribution in [0.15, 0.2) is 0 Å². The normalized spacial score (nSPS) is 16.2. The fraction of sp³-hybridized carbons (Fsp3) is 1.00. The quantitative estimate of drug-likeness (QED) is 0.132. The summed E-state index contributed by atoms with van der Waals surface area (Å²) in [4.78, 5) is 0.